The van der Waals surface area contributed by atoms with Crippen LogP contribution in [0.2, 0.25) is 0 Å². The maximum absolute atomic E-state index is 12.5. The van der Waals surface area contributed by atoms with Crippen molar-refractivity contribution in [3.8, 4) is 0 Å². The standard InChI is InChI=1S/C20H27N7O/c1-13(2)17-9-18(27-20(24-17)21-11-23-27)25-7-5-16(6-8-25)10-26-12-22-15(4)14(3)19(26)28/h9,11-13,16H,5-8,10H2,1-4H3. The topological polar surface area (TPSA) is 81.2 Å². The fourth-order valence-corrected chi connectivity index (χ4v) is 3.76. The van der Waals surface area contributed by atoms with E-state index in [-0.39, 0.29) is 5.56 Å². The van der Waals surface area contributed by atoms with E-state index in [2.05, 4.69) is 44.9 Å². The highest BCUT2D eigenvalue weighted by atomic mass is 16.1. The molecule has 0 N–H and O–H groups in total. The number of hydrogen-bond donors (Lipinski definition) is 0. The first-order valence-electron chi connectivity index (χ1n) is 9.92. The average Bonchev–Trinajstić information content (AvgIpc) is 3.17. The van der Waals surface area contributed by atoms with E-state index in [4.69, 9.17) is 0 Å². The first kappa shape index (κ1) is 18.6. The summed E-state index contributed by atoms with van der Waals surface area (Å²) in [5, 5.41) is 4.36. The molecule has 1 aliphatic rings. The highest BCUT2D eigenvalue weighted by Gasteiger charge is 2.23. The summed E-state index contributed by atoms with van der Waals surface area (Å²) in [6.45, 7) is 10.6. The highest BCUT2D eigenvalue weighted by Crippen LogP contribution is 2.26. The zero-order chi connectivity index (χ0) is 19.8. The van der Waals surface area contributed by atoms with E-state index < -0.39 is 0 Å². The smallest absolute Gasteiger partial charge is 0.256 e. The molecule has 1 fully saturated rings. The van der Waals surface area contributed by atoms with Crippen molar-refractivity contribution in [2.24, 2.45) is 5.92 Å². The summed E-state index contributed by atoms with van der Waals surface area (Å²) in [6, 6.07) is 2.13. The fourth-order valence-electron chi connectivity index (χ4n) is 3.76. The molecule has 4 rings (SSSR count). The van der Waals surface area contributed by atoms with Gasteiger partial charge in [0.05, 0.1) is 12.0 Å². The van der Waals surface area contributed by atoms with Crippen LogP contribution in [0.4, 0.5) is 5.82 Å². The van der Waals surface area contributed by atoms with E-state index in [1.54, 1.807) is 17.2 Å². The summed E-state index contributed by atoms with van der Waals surface area (Å²) < 4.78 is 3.59. The number of anilines is 1. The van der Waals surface area contributed by atoms with Crippen LogP contribution in [0, 0.1) is 19.8 Å². The van der Waals surface area contributed by atoms with E-state index in [1.165, 1.54) is 0 Å². The third-order valence-electron chi connectivity index (χ3n) is 5.75. The molecule has 0 unspecified atom stereocenters. The van der Waals surface area contributed by atoms with Crippen molar-refractivity contribution in [2.75, 3.05) is 18.0 Å². The van der Waals surface area contributed by atoms with Gasteiger partial charge in [-0.2, -0.15) is 14.6 Å². The molecule has 0 amide bonds. The van der Waals surface area contributed by atoms with Gasteiger partial charge in [-0.3, -0.25) is 9.36 Å². The summed E-state index contributed by atoms with van der Waals surface area (Å²) in [5.74, 6) is 2.50. The molecule has 0 atom stereocenters. The Kier molecular flexibility index (Phi) is 4.87. The number of fused-ring (bicyclic) bond motifs is 1. The molecule has 0 aromatic carbocycles. The maximum Gasteiger partial charge on any atom is 0.256 e. The number of piperidine rings is 1. The van der Waals surface area contributed by atoms with E-state index >= 15 is 0 Å². The van der Waals surface area contributed by atoms with Gasteiger partial charge in [-0.1, -0.05) is 13.8 Å². The summed E-state index contributed by atoms with van der Waals surface area (Å²) in [4.78, 5) is 28.0. The molecular weight excluding hydrogens is 354 g/mol. The molecule has 0 radical (unpaired) electrons. The van der Waals surface area contributed by atoms with Crippen LogP contribution in [0.1, 0.15) is 49.6 Å². The molecular formula is C20H27N7O. The molecule has 8 heteroatoms. The van der Waals surface area contributed by atoms with Crippen molar-refractivity contribution in [3.63, 3.8) is 0 Å². The lowest BCUT2D eigenvalue weighted by Gasteiger charge is -2.33. The van der Waals surface area contributed by atoms with Crippen LogP contribution in [-0.4, -0.2) is 42.2 Å². The number of aromatic nitrogens is 6. The Morgan fingerprint density at radius 1 is 1.18 bits per heavy atom. The molecule has 3 aromatic rings. The van der Waals surface area contributed by atoms with Crippen LogP contribution in [0.3, 0.4) is 0 Å². The quantitative estimate of drug-likeness (QED) is 0.690. The van der Waals surface area contributed by atoms with E-state index in [0.29, 0.717) is 17.6 Å². The Balaban J connectivity index is 1.51. The molecule has 4 heterocycles. The van der Waals surface area contributed by atoms with Crippen molar-refractivity contribution < 1.29 is 0 Å². The Morgan fingerprint density at radius 3 is 2.64 bits per heavy atom. The highest BCUT2D eigenvalue weighted by molar-refractivity contribution is 5.48. The number of nitrogens with zero attached hydrogens (tertiary/aromatic N) is 7. The summed E-state index contributed by atoms with van der Waals surface area (Å²) >= 11 is 0. The Labute approximate surface area is 164 Å². The molecule has 1 saturated heterocycles. The lowest BCUT2D eigenvalue weighted by Crippen LogP contribution is -2.37. The van der Waals surface area contributed by atoms with Gasteiger partial charge in [0.25, 0.3) is 11.3 Å². The molecule has 0 spiro atoms. The van der Waals surface area contributed by atoms with Gasteiger partial charge in [-0.25, -0.2) is 9.97 Å². The zero-order valence-corrected chi connectivity index (χ0v) is 17.0. The second-order valence-corrected chi connectivity index (χ2v) is 8.01. The maximum atomic E-state index is 12.5. The van der Waals surface area contributed by atoms with Crippen molar-refractivity contribution in [1.82, 2.24) is 29.1 Å². The third kappa shape index (κ3) is 3.39. The van der Waals surface area contributed by atoms with Crippen LogP contribution < -0.4 is 10.5 Å². The number of rotatable bonds is 4. The van der Waals surface area contributed by atoms with Crippen molar-refractivity contribution in [3.05, 3.63) is 46.0 Å². The molecule has 0 aliphatic carbocycles. The van der Waals surface area contributed by atoms with Gasteiger partial charge >= 0.3 is 0 Å². The van der Waals surface area contributed by atoms with Crippen molar-refractivity contribution >= 4 is 11.6 Å². The van der Waals surface area contributed by atoms with Gasteiger partial charge in [0.15, 0.2) is 0 Å². The third-order valence-corrected chi connectivity index (χ3v) is 5.75. The van der Waals surface area contributed by atoms with Gasteiger partial charge in [-0.05, 0) is 38.5 Å². The SMILES string of the molecule is Cc1ncn(CC2CCN(c3cc(C(C)C)nc4ncnn34)CC2)c(=O)c1C. The van der Waals surface area contributed by atoms with E-state index in [0.717, 1.165) is 55.2 Å². The van der Waals surface area contributed by atoms with Gasteiger partial charge in [0, 0.05) is 37.0 Å². The van der Waals surface area contributed by atoms with Crippen LogP contribution in [-0.2, 0) is 6.54 Å². The summed E-state index contributed by atoms with van der Waals surface area (Å²) in [5.41, 5.74) is 2.67. The molecule has 148 valence electrons. The fraction of sp³-hybridized carbons (Fsp3) is 0.550. The first-order chi connectivity index (χ1) is 13.4. The second kappa shape index (κ2) is 7.33. The monoisotopic (exact) mass is 381 g/mol. The first-order valence-corrected chi connectivity index (χ1v) is 9.92. The van der Waals surface area contributed by atoms with Crippen molar-refractivity contribution in [1.29, 1.82) is 0 Å². The predicted molar refractivity (Wildman–Crippen MR) is 108 cm³/mol. The molecule has 28 heavy (non-hydrogen) atoms. The van der Waals surface area contributed by atoms with Gasteiger partial charge < -0.3 is 4.90 Å². The summed E-state index contributed by atoms with van der Waals surface area (Å²) in [6.07, 6.45) is 5.29. The van der Waals surface area contributed by atoms with Crippen LogP contribution >= 0.6 is 0 Å². The van der Waals surface area contributed by atoms with Crippen LogP contribution in [0.5, 0.6) is 0 Å². The lowest BCUT2D eigenvalue weighted by atomic mass is 9.96. The molecule has 0 saturated carbocycles. The largest absolute Gasteiger partial charge is 0.356 e. The number of aryl methyl sites for hydroxylation is 1. The van der Waals surface area contributed by atoms with E-state index in [1.807, 2.05) is 18.4 Å². The molecule has 1 aliphatic heterocycles. The molecule has 3 aromatic heterocycles. The molecule has 0 bridgehead atoms. The second-order valence-electron chi connectivity index (χ2n) is 8.01. The minimum Gasteiger partial charge on any atom is -0.356 e. The average molecular weight is 381 g/mol. The van der Waals surface area contributed by atoms with E-state index in [9.17, 15) is 4.79 Å². The Morgan fingerprint density at radius 2 is 1.93 bits per heavy atom. The normalized spacial score (nSPS) is 15.7. The molecule has 8 nitrogen and oxygen atoms in total. The minimum atomic E-state index is 0.0787. The lowest BCUT2D eigenvalue weighted by molar-refractivity contribution is 0.348. The Bertz CT molecular complexity index is 1040. The van der Waals surface area contributed by atoms with Crippen LogP contribution in [0.15, 0.2) is 23.5 Å². The van der Waals surface area contributed by atoms with Gasteiger partial charge in [0.2, 0.25) is 0 Å². The minimum absolute atomic E-state index is 0.0787. The van der Waals surface area contributed by atoms with Gasteiger partial charge in [-0.15, -0.1) is 0 Å². The van der Waals surface area contributed by atoms with Gasteiger partial charge in [0.1, 0.15) is 12.1 Å². The van der Waals surface area contributed by atoms with Crippen LogP contribution in [0.25, 0.3) is 5.78 Å². The Hall–Kier alpha value is -2.77. The van der Waals surface area contributed by atoms with Crippen molar-refractivity contribution in [2.45, 2.75) is 53.0 Å². The number of hydrogen-bond acceptors (Lipinski definition) is 6. The summed E-state index contributed by atoms with van der Waals surface area (Å²) in [7, 11) is 0. The predicted octanol–water partition coefficient (Wildman–Crippen LogP) is 2.34. The zero-order valence-electron chi connectivity index (χ0n) is 17.0.